The summed E-state index contributed by atoms with van der Waals surface area (Å²) in [6.07, 6.45) is -4.73. The SMILES string of the molecule is CCC(C(=O)NCC(O)C(C)C)c1cccc(C(F)(F)F)c1. The van der Waals surface area contributed by atoms with Crippen molar-refractivity contribution in [1.29, 1.82) is 0 Å². The van der Waals surface area contributed by atoms with E-state index in [0.29, 0.717) is 12.0 Å². The molecule has 0 aliphatic heterocycles. The lowest BCUT2D eigenvalue weighted by Crippen LogP contribution is -2.37. The maximum atomic E-state index is 12.7. The molecule has 0 saturated heterocycles. The molecule has 2 unspecified atom stereocenters. The van der Waals surface area contributed by atoms with Gasteiger partial charge in [-0.3, -0.25) is 4.79 Å². The quantitative estimate of drug-likeness (QED) is 0.845. The number of halogens is 3. The maximum absolute atomic E-state index is 12.7. The Morgan fingerprint density at radius 3 is 2.45 bits per heavy atom. The molecule has 0 fully saturated rings. The maximum Gasteiger partial charge on any atom is 0.416 e. The third-order valence-corrected chi connectivity index (χ3v) is 3.60. The van der Waals surface area contributed by atoms with E-state index in [9.17, 15) is 23.1 Å². The van der Waals surface area contributed by atoms with Gasteiger partial charge in [0.15, 0.2) is 0 Å². The van der Waals surface area contributed by atoms with Gasteiger partial charge in [-0.15, -0.1) is 0 Å². The van der Waals surface area contributed by atoms with E-state index >= 15 is 0 Å². The molecule has 0 heterocycles. The Morgan fingerprint density at radius 2 is 1.95 bits per heavy atom. The lowest BCUT2D eigenvalue weighted by molar-refractivity contribution is -0.137. The van der Waals surface area contributed by atoms with Gasteiger partial charge in [-0.05, 0) is 24.0 Å². The van der Waals surface area contributed by atoms with E-state index in [0.717, 1.165) is 12.1 Å². The van der Waals surface area contributed by atoms with Gasteiger partial charge >= 0.3 is 6.18 Å². The topological polar surface area (TPSA) is 49.3 Å². The molecule has 0 aromatic heterocycles. The van der Waals surface area contributed by atoms with E-state index in [1.807, 2.05) is 13.8 Å². The number of amides is 1. The number of carbonyl (C=O) groups is 1. The first-order chi connectivity index (χ1) is 10.2. The summed E-state index contributed by atoms with van der Waals surface area (Å²) in [5, 5.41) is 12.3. The Bertz CT molecular complexity index is 500. The van der Waals surface area contributed by atoms with Crippen LogP contribution in [0.2, 0.25) is 0 Å². The van der Waals surface area contributed by atoms with Crippen LogP contribution in [0, 0.1) is 5.92 Å². The zero-order valence-electron chi connectivity index (χ0n) is 12.9. The van der Waals surface area contributed by atoms with Crippen molar-refractivity contribution in [3.8, 4) is 0 Å². The summed E-state index contributed by atoms with van der Waals surface area (Å²) in [6, 6.07) is 4.81. The Morgan fingerprint density at radius 1 is 1.32 bits per heavy atom. The summed E-state index contributed by atoms with van der Waals surface area (Å²) < 4.78 is 38.2. The fraction of sp³-hybridized carbons (Fsp3) is 0.562. The Balaban J connectivity index is 2.85. The van der Waals surface area contributed by atoms with Gasteiger partial charge in [0.1, 0.15) is 0 Å². The van der Waals surface area contributed by atoms with Crippen molar-refractivity contribution in [1.82, 2.24) is 5.32 Å². The first-order valence-electron chi connectivity index (χ1n) is 7.29. The summed E-state index contributed by atoms with van der Waals surface area (Å²) in [4.78, 5) is 12.2. The van der Waals surface area contributed by atoms with E-state index < -0.39 is 23.8 Å². The molecular weight excluding hydrogens is 295 g/mol. The number of nitrogens with one attached hydrogen (secondary N) is 1. The highest BCUT2D eigenvalue weighted by molar-refractivity contribution is 5.83. The molecule has 22 heavy (non-hydrogen) atoms. The molecule has 1 aromatic carbocycles. The van der Waals surface area contributed by atoms with Crippen LogP contribution in [0.3, 0.4) is 0 Å². The number of aliphatic hydroxyl groups is 1. The van der Waals surface area contributed by atoms with E-state index in [1.165, 1.54) is 12.1 Å². The number of benzene rings is 1. The van der Waals surface area contributed by atoms with E-state index in [-0.39, 0.29) is 18.4 Å². The monoisotopic (exact) mass is 317 g/mol. The Hall–Kier alpha value is -1.56. The smallest absolute Gasteiger partial charge is 0.391 e. The van der Waals surface area contributed by atoms with Crippen LogP contribution in [-0.2, 0) is 11.0 Å². The second-order valence-corrected chi connectivity index (χ2v) is 5.64. The van der Waals surface area contributed by atoms with Crippen molar-refractivity contribution in [3.05, 3.63) is 35.4 Å². The van der Waals surface area contributed by atoms with E-state index in [2.05, 4.69) is 5.32 Å². The summed E-state index contributed by atoms with van der Waals surface area (Å²) in [5.74, 6) is -1.04. The second kappa shape index (κ2) is 7.63. The number of aliphatic hydroxyl groups excluding tert-OH is 1. The summed E-state index contributed by atoms with van der Waals surface area (Å²) in [7, 11) is 0. The fourth-order valence-electron chi connectivity index (χ4n) is 2.07. The number of carbonyl (C=O) groups excluding carboxylic acids is 1. The van der Waals surface area contributed by atoms with Crippen LogP contribution in [0.25, 0.3) is 0 Å². The Kier molecular flexibility index (Phi) is 6.41. The van der Waals surface area contributed by atoms with Gasteiger partial charge in [-0.2, -0.15) is 13.2 Å². The molecule has 2 N–H and O–H groups in total. The standard InChI is InChI=1S/C16H22F3NO2/c1-4-13(15(22)20-9-14(21)10(2)3)11-6-5-7-12(8-11)16(17,18)19/h5-8,10,13-14,21H,4,9H2,1-3H3,(H,20,22). The van der Waals surface area contributed by atoms with Crippen LogP contribution in [-0.4, -0.2) is 23.7 Å². The number of alkyl halides is 3. The molecular formula is C16H22F3NO2. The number of hydrogen-bond acceptors (Lipinski definition) is 2. The molecule has 124 valence electrons. The van der Waals surface area contributed by atoms with Gasteiger partial charge < -0.3 is 10.4 Å². The molecule has 0 aliphatic carbocycles. The lowest BCUT2D eigenvalue weighted by atomic mass is 9.93. The summed E-state index contributed by atoms with van der Waals surface area (Å²) in [6.45, 7) is 5.47. The number of rotatable bonds is 6. The predicted molar refractivity (Wildman–Crippen MR) is 78.3 cm³/mol. The molecule has 2 atom stereocenters. The van der Waals surface area contributed by atoms with Crippen LogP contribution in [0.15, 0.2) is 24.3 Å². The van der Waals surface area contributed by atoms with E-state index in [1.54, 1.807) is 6.92 Å². The molecule has 1 aromatic rings. The van der Waals surface area contributed by atoms with Crippen molar-refractivity contribution in [2.45, 2.75) is 45.4 Å². The molecule has 0 bridgehead atoms. The first-order valence-corrected chi connectivity index (χ1v) is 7.29. The minimum Gasteiger partial charge on any atom is -0.391 e. The molecule has 0 spiro atoms. The summed E-state index contributed by atoms with van der Waals surface area (Å²) >= 11 is 0. The third kappa shape index (κ3) is 5.02. The van der Waals surface area contributed by atoms with Gasteiger partial charge in [-0.25, -0.2) is 0 Å². The molecule has 1 amide bonds. The Labute approximate surface area is 128 Å². The normalized spacial score (nSPS) is 14.7. The minimum atomic E-state index is -4.43. The number of hydrogen-bond donors (Lipinski definition) is 2. The van der Waals surface area contributed by atoms with Crippen molar-refractivity contribution in [3.63, 3.8) is 0 Å². The predicted octanol–water partition coefficient (Wildman–Crippen LogP) is 3.33. The van der Waals surface area contributed by atoms with Crippen LogP contribution in [0.5, 0.6) is 0 Å². The molecule has 0 saturated carbocycles. The van der Waals surface area contributed by atoms with Crippen molar-refractivity contribution < 1.29 is 23.1 Å². The zero-order valence-corrected chi connectivity index (χ0v) is 12.9. The molecule has 0 aliphatic rings. The third-order valence-electron chi connectivity index (χ3n) is 3.60. The zero-order chi connectivity index (χ0) is 16.9. The van der Waals surface area contributed by atoms with Crippen LogP contribution >= 0.6 is 0 Å². The highest BCUT2D eigenvalue weighted by Gasteiger charge is 2.31. The van der Waals surface area contributed by atoms with Crippen LogP contribution in [0.4, 0.5) is 13.2 Å². The van der Waals surface area contributed by atoms with Gasteiger partial charge in [0.2, 0.25) is 5.91 Å². The lowest BCUT2D eigenvalue weighted by Gasteiger charge is -2.20. The molecule has 1 rings (SSSR count). The van der Waals surface area contributed by atoms with Crippen LogP contribution < -0.4 is 5.32 Å². The van der Waals surface area contributed by atoms with E-state index in [4.69, 9.17) is 0 Å². The van der Waals surface area contributed by atoms with Crippen molar-refractivity contribution in [2.75, 3.05) is 6.54 Å². The van der Waals surface area contributed by atoms with Gasteiger partial charge in [-0.1, -0.05) is 39.0 Å². The average molecular weight is 317 g/mol. The molecule has 3 nitrogen and oxygen atoms in total. The van der Waals surface area contributed by atoms with Gasteiger partial charge in [0.25, 0.3) is 0 Å². The van der Waals surface area contributed by atoms with Gasteiger partial charge in [0.05, 0.1) is 17.6 Å². The molecule has 6 heteroatoms. The van der Waals surface area contributed by atoms with Crippen LogP contribution in [0.1, 0.15) is 44.2 Å². The van der Waals surface area contributed by atoms with Gasteiger partial charge in [0, 0.05) is 6.54 Å². The highest BCUT2D eigenvalue weighted by atomic mass is 19.4. The average Bonchev–Trinajstić information content (AvgIpc) is 2.44. The van der Waals surface area contributed by atoms with Crippen molar-refractivity contribution in [2.24, 2.45) is 5.92 Å². The summed E-state index contributed by atoms with van der Waals surface area (Å²) in [5.41, 5.74) is -0.438. The largest absolute Gasteiger partial charge is 0.416 e. The second-order valence-electron chi connectivity index (χ2n) is 5.64. The fourth-order valence-corrected chi connectivity index (χ4v) is 2.07. The molecule has 0 radical (unpaired) electrons. The minimum absolute atomic E-state index is 0.00562. The highest BCUT2D eigenvalue weighted by Crippen LogP contribution is 2.31. The first kappa shape index (κ1) is 18.5. The van der Waals surface area contributed by atoms with Crippen molar-refractivity contribution >= 4 is 5.91 Å².